The van der Waals surface area contributed by atoms with Crippen LogP contribution in [0.4, 0.5) is 5.69 Å². The van der Waals surface area contributed by atoms with E-state index in [1.165, 1.54) is 18.3 Å². The average molecular weight is 390 g/mol. The molecule has 3 rings (SSSR count). The van der Waals surface area contributed by atoms with Crippen molar-refractivity contribution in [1.29, 1.82) is 0 Å². The van der Waals surface area contributed by atoms with E-state index in [0.29, 0.717) is 22.1 Å². The van der Waals surface area contributed by atoms with Crippen molar-refractivity contribution >= 4 is 34.8 Å². The molecule has 27 heavy (non-hydrogen) atoms. The van der Waals surface area contributed by atoms with Gasteiger partial charge in [-0.2, -0.15) is 0 Å². The van der Waals surface area contributed by atoms with Crippen molar-refractivity contribution in [2.45, 2.75) is 20.0 Å². The van der Waals surface area contributed by atoms with Crippen molar-refractivity contribution in [2.24, 2.45) is 0 Å². The molecule has 1 atom stereocenters. The molecule has 1 aromatic heterocycles. The van der Waals surface area contributed by atoms with Crippen molar-refractivity contribution in [3.63, 3.8) is 0 Å². The number of amides is 2. The zero-order chi connectivity index (χ0) is 19.4. The second-order valence-electron chi connectivity index (χ2n) is 5.78. The van der Waals surface area contributed by atoms with E-state index in [4.69, 9.17) is 14.2 Å². The maximum Gasteiger partial charge on any atom is 0.326 e. The third kappa shape index (κ3) is 4.76. The van der Waals surface area contributed by atoms with Crippen LogP contribution in [0.15, 0.2) is 30.3 Å². The third-order valence-corrected chi connectivity index (χ3v) is 4.67. The highest BCUT2D eigenvalue weighted by Gasteiger charge is 2.20. The predicted octanol–water partition coefficient (Wildman–Crippen LogP) is 2.09. The normalized spacial score (nSPS) is 13.0. The van der Waals surface area contributed by atoms with Crippen LogP contribution in [0, 0.1) is 6.92 Å². The second kappa shape index (κ2) is 8.09. The van der Waals surface area contributed by atoms with E-state index in [-0.39, 0.29) is 19.2 Å². The number of nitrogens with one attached hydrogen (secondary N) is 2. The van der Waals surface area contributed by atoms with Crippen LogP contribution in [-0.2, 0) is 14.3 Å². The zero-order valence-corrected chi connectivity index (χ0v) is 15.6. The largest absolute Gasteiger partial charge is 0.454 e. The minimum Gasteiger partial charge on any atom is -0.454 e. The molecule has 1 aromatic carbocycles. The summed E-state index contributed by atoms with van der Waals surface area (Å²) >= 11 is 1.33. The Morgan fingerprint density at radius 1 is 1.19 bits per heavy atom. The number of ether oxygens (including phenoxy) is 3. The molecule has 2 N–H and O–H groups in total. The average Bonchev–Trinajstić information content (AvgIpc) is 3.27. The monoisotopic (exact) mass is 390 g/mol. The van der Waals surface area contributed by atoms with Crippen LogP contribution in [0.2, 0.25) is 0 Å². The van der Waals surface area contributed by atoms with Crippen molar-refractivity contribution in [3.8, 4) is 11.5 Å². The van der Waals surface area contributed by atoms with E-state index in [2.05, 4.69) is 10.6 Å². The van der Waals surface area contributed by atoms with Gasteiger partial charge in [0.1, 0.15) is 6.54 Å². The summed E-state index contributed by atoms with van der Waals surface area (Å²) in [5.41, 5.74) is 0.494. The number of aryl methyl sites for hydroxylation is 1. The Kier molecular flexibility index (Phi) is 5.60. The molecule has 0 spiro atoms. The number of carbonyl (C=O) groups is 3. The van der Waals surface area contributed by atoms with Gasteiger partial charge in [0.15, 0.2) is 17.6 Å². The molecule has 142 valence electrons. The topological polar surface area (TPSA) is 103 Å². The van der Waals surface area contributed by atoms with Crippen molar-refractivity contribution in [1.82, 2.24) is 5.32 Å². The Morgan fingerprint density at radius 3 is 2.70 bits per heavy atom. The highest BCUT2D eigenvalue weighted by molar-refractivity contribution is 7.13. The van der Waals surface area contributed by atoms with Gasteiger partial charge in [-0.05, 0) is 38.1 Å². The van der Waals surface area contributed by atoms with Gasteiger partial charge in [-0.25, -0.2) is 0 Å². The smallest absolute Gasteiger partial charge is 0.326 e. The van der Waals surface area contributed by atoms with Crippen LogP contribution in [0.5, 0.6) is 11.5 Å². The highest BCUT2D eigenvalue weighted by atomic mass is 32.1. The standard InChI is InChI=1S/C18H18N2O6S/c1-10-3-6-15(27-10)18(23)19-8-16(21)26-11(2)17(22)20-12-4-5-13-14(7-12)25-9-24-13/h3-7,11H,8-9H2,1-2H3,(H,19,23)(H,20,22)/t11-/m1/s1. The molecule has 0 saturated carbocycles. The summed E-state index contributed by atoms with van der Waals surface area (Å²) in [4.78, 5) is 37.4. The van der Waals surface area contributed by atoms with Gasteiger partial charge >= 0.3 is 5.97 Å². The first-order valence-electron chi connectivity index (χ1n) is 8.17. The lowest BCUT2D eigenvalue weighted by molar-refractivity contribution is -0.152. The van der Waals surface area contributed by atoms with Crippen LogP contribution in [-0.4, -0.2) is 37.2 Å². The summed E-state index contributed by atoms with van der Waals surface area (Å²) < 4.78 is 15.5. The Labute approximate surface area is 159 Å². The van der Waals surface area contributed by atoms with Crippen molar-refractivity contribution in [3.05, 3.63) is 40.1 Å². The first-order valence-corrected chi connectivity index (χ1v) is 8.98. The van der Waals surface area contributed by atoms with E-state index in [9.17, 15) is 14.4 Å². The van der Waals surface area contributed by atoms with Gasteiger partial charge in [-0.1, -0.05) is 0 Å². The van der Waals surface area contributed by atoms with Gasteiger partial charge in [-0.3, -0.25) is 14.4 Å². The molecule has 9 heteroatoms. The van der Waals surface area contributed by atoms with Gasteiger partial charge < -0.3 is 24.8 Å². The predicted molar refractivity (Wildman–Crippen MR) is 98.1 cm³/mol. The Morgan fingerprint density at radius 2 is 1.96 bits per heavy atom. The van der Waals surface area contributed by atoms with Crippen molar-refractivity contribution < 1.29 is 28.6 Å². The fraction of sp³-hybridized carbons (Fsp3) is 0.278. The van der Waals surface area contributed by atoms with Gasteiger partial charge in [0.05, 0.1) is 4.88 Å². The molecular formula is C18H18N2O6S. The zero-order valence-electron chi connectivity index (χ0n) is 14.7. The molecule has 2 amide bonds. The number of hydrogen-bond donors (Lipinski definition) is 2. The Bertz CT molecular complexity index is 878. The van der Waals surface area contributed by atoms with E-state index in [1.807, 2.05) is 13.0 Å². The minimum atomic E-state index is -1.02. The van der Waals surface area contributed by atoms with E-state index in [1.54, 1.807) is 24.3 Å². The molecule has 0 saturated heterocycles. The first kappa shape index (κ1) is 18.7. The number of hydrogen-bond acceptors (Lipinski definition) is 7. The number of esters is 1. The fourth-order valence-corrected chi connectivity index (χ4v) is 3.09. The van der Waals surface area contributed by atoms with Crippen LogP contribution in [0.25, 0.3) is 0 Å². The summed E-state index contributed by atoms with van der Waals surface area (Å²) in [6, 6.07) is 8.46. The number of anilines is 1. The quantitative estimate of drug-likeness (QED) is 0.732. The third-order valence-electron chi connectivity index (χ3n) is 3.67. The molecule has 0 fully saturated rings. The van der Waals surface area contributed by atoms with Gasteiger partial charge in [0, 0.05) is 16.6 Å². The summed E-state index contributed by atoms with van der Waals surface area (Å²) in [6.45, 7) is 3.15. The molecule has 2 heterocycles. The Hall–Kier alpha value is -3.07. The SMILES string of the molecule is Cc1ccc(C(=O)NCC(=O)O[C@H](C)C(=O)Nc2ccc3c(c2)OCO3)s1. The van der Waals surface area contributed by atoms with Crippen LogP contribution < -0.4 is 20.1 Å². The van der Waals surface area contributed by atoms with E-state index < -0.39 is 18.0 Å². The molecule has 1 aliphatic heterocycles. The van der Waals surface area contributed by atoms with E-state index in [0.717, 1.165) is 4.88 Å². The highest BCUT2D eigenvalue weighted by Crippen LogP contribution is 2.34. The number of thiophene rings is 1. The molecule has 1 aliphatic rings. The maximum absolute atomic E-state index is 12.2. The van der Waals surface area contributed by atoms with Crippen LogP contribution >= 0.6 is 11.3 Å². The summed E-state index contributed by atoms with van der Waals surface area (Å²) in [5, 5.41) is 5.10. The maximum atomic E-state index is 12.2. The molecule has 0 aliphatic carbocycles. The lowest BCUT2D eigenvalue weighted by Gasteiger charge is -2.14. The summed E-state index contributed by atoms with van der Waals surface area (Å²) in [5.74, 6) is -0.428. The van der Waals surface area contributed by atoms with Crippen LogP contribution in [0.1, 0.15) is 21.5 Å². The molecule has 0 unspecified atom stereocenters. The molecule has 2 aromatic rings. The van der Waals surface area contributed by atoms with E-state index >= 15 is 0 Å². The lowest BCUT2D eigenvalue weighted by Crippen LogP contribution is -2.35. The van der Waals surface area contributed by atoms with Crippen molar-refractivity contribution in [2.75, 3.05) is 18.7 Å². The number of rotatable bonds is 6. The molecule has 0 radical (unpaired) electrons. The summed E-state index contributed by atoms with van der Waals surface area (Å²) in [6.07, 6.45) is -1.02. The summed E-state index contributed by atoms with van der Waals surface area (Å²) in [7, 11) is 0. The van der Waals surface area contributed by atoms with Gasteiger partial charge in [0.25, 0.3) is 11.8 Å². The number of carbonyl (C=O) groups excluding carboxylic acids is 3. The molecule has 0 bridgehead atoms. The van der Waals surface area contributed by atoms with Crippen LogP contribution in [0.3, 0.4) is 0 Å². The fourth-order valence-electron chi connectivity index (χ4n) is 2.31. The first-order chi connectivity index (χ1) is 12.9. The second-order valence-corrected chi connectivity index (χ2v) is 7.07. The lowest BCUT2D eigenvalue weighted by atomic mass is 10.2. The van der Waals surface area contributed by atoms with Gasteiger partial charge in [-0.15, -0.1) is 11.3 Å². The van der Waals surface area contributed by atoms with Gasteiger partial charge in [0.2, 0.25) is 6.79 Å². The molecular weight excluding hydrogens is 372 g/mol. The molecule has 8 nitrogen and oxygen atoms in total. The number of fused-ring (bicyclic) bond motifs is 1. The minimum absolute atomic E-state index is 0.136. The number of benzene rings is 1. The Balaban J connectivity index is 1.46.